The topological polar surface area (TPSA) is 345 Å². The molecular weight excluding hydrogens is 861 g/mol. The second-order valence-corrected chi connectivity index (χ2v) is 18.5. The van der Waals surface area contributed by atoms with E-state index in [2.05, 4.69) is 47.9 Å². The Morgan fingerprint density at radius 1 is 0.561 bits per heavy atom. The Morgan fingerprint density at radius 2 is 1.06 bits per heavy atom. The van der Waals surface area contributed by atoms with Crippen molar-refractivity contribution in [2.75, 3.05) is 19.6 Å². The van der Waals surface area contributed by atoms with Crippen molar-refractivity contribution >= 4 is 59.1 Å². The van der Waals surface area contributed by atoms with Crippen LogP contribution in [0.1, 0.15) is 122 Å². The molecule has 0 unspecified atom stereocenters. The van der Waals surface area contributed by atoms with E-state index in [1.165, 1.54) is 20.8 Å². The molecule has 0 saturated heterocycles. The van der Waals surface area contributed by atoms with E-state index < -0.39 is 138 Å². The van der Waals surface area contributed by atoms with E-state index in [1.54, 1.807) is 55.4 Å². The Kier molecular flexibility index (Phi) is 26.9. The molecule has 0 aromatic heterocycles. The number of rotatable bonds is 30. The van der Waals surface area contributed by atoms with E-state index >= 15 is 0 Å². The predicted molar refractivity (Wildman–Crippen MR) is 245 cm³/mol. The molecule has 0 rings (SSSR count). The zero-order valence-corrected chi connectivity index (χ0v) is 41.1. The number of aliphatic hydroxyl groups is 1. The lowest BCUT2D eigenvalue weighted by Crippen LogP contribution is -2.66. The van der Waals surface area contributed by atoms with Gasteiger partial charge in [-0.25, -0.2) is 4.79 Å². The smallest absolute Gasteiger partial charge is 0.326 e. The highest BCUT2D eigenvalue weighted by atomic mass is 16.4. The van der Waals surface area contributed by atoms with Crippen LogP contribution in [0.3, 0.4) is 0 Å². The molecular formula is C44H80N10O12. The second-order valence-electron chi connectivity index (χ2n) is 18.5. The van der Waals surface area contributed by atoms with Crippen molar-refractivity contribution in [2.24, 2.45) is 35.3 Å². The quantitative estimate of drug-likeness (QED) is 0.0398. The second kappa shape index (κ2) is 29.3. The van der Waals surface area contributed by atoms with Crippen molar-refractivity contribution in [3.05, 3.63) is 0 Å². The summed E-state index contributed by atoms with van der Waals surface area (Å²) in [5.74, 6) is -9.37. The number of carboxylic acid groups (broad SMARTS) is 1. The van der Waals surface area contributed by atoms with Gasteiger partial charge in [0.05, 0.1) is 19.2 Å². The predicted octanol–water partition coefficient (Wildman–Crippen LogP) is -1.32. The fraction of sp³-hybridized carbons (Fsp3) is 0.773. The van der Waals surface area contributed by atoms with Gasteiger partial charge in [0.25, 0.3) is 0 Å². The van der Waals surface area contributed by atoms with Crippen LogP contribution in [0.2, 0.25) is 0 Å². The van der Waals surface area contributed by atoms with Gasteiger partial charge in [0, 0.05) is 13.0 Å². The molecule has 22 heteroatoms. The van der Waals surface area contributed by atoms with E-state index in [-0.39, 0.29) is 31.2 Å². The van der Waals surface area contributed by atoms with Crippen molar-refractivity contribution in [3.63, 3.8) is 0 Å². The van der Waals surface area contributed by atoms with Crippen molar-refractivity contribution < 1.29 is 58.2 Å². The zero-order valence-electron chi connectivity index (χ0n) is 41.1. The molecule has 0 saturated carbocycles. The van der Waals surface area contributed by atoms with Crippen molar-refractivity contribution in [1.29, 1.82) is 0 Å². The molecule has 0 heterocycles. The van der Waals surface area contributed by atoms with Gasteiger partial charge < -0.3 is 63.8 Å². The Bertz CT molecular complexity index is 1680. The van der Waals surface area contributed by atoms with Crippen LogP contribution >= 0.6 is 0 Å². The number of amides is 9. The van der Waals surface area contributed by atoms with Gasteiger partial charge in [0.1, 0.15) is 41.8 Å². The average molecular weight is 941 g/mol. The van der Waals surface area contributed by atoms with Crippen LogP contribution in [0.4, 0.5) is 0 Å². The van der Waals surface area contributed by atoms with Gasteiger partial charge in [0.2, 0.25) is 53.2 Å². The summed E-state index contributed by atoms with van der Waals surface area (Å²) < 4.78 is 0. The third-order valence-electron chi connectivity index (χ3n) is 11.0. The van der Waals surface area contributed by atoms with Gasteiger partial charge in [-0.15, -0.1) is 0 Å². The molecule has 0 spiro atoms. The minimum atomic E-state index is -1.69. The number of nitrogens with two attached hydrogens (primary N) is 1. The van der Waals surface area contributed by atoms with Crippen molar-refractivity contribution in [1.82, 2.24) is 47.9 Å². The number of hydrogen-bond acceptors (Lipinski definition) is 12. The van der Waals surface area contributed by atoms with Crippen LogP contribution in [0.25, 0.3) is 0 Å². The molecule has 22 nitrogen and oxygen atoms in total. The lowest BCUT2D eigenvalue weighted by Gasteiger charge is -2.35. The first-order valence-corrected chi connectivity index (χ1v) is 22.8. The SMILES string of the molecule is CC[C@H](C)[C@H](NC(=O)CNC(=O)[C@H](C)NC(=O)[C@H](CC(C)C)NC(=O)CCN)C(=O)NCC(=O)N[C@H](C(=O)N[C@@](C)(CC(C)C)C(=O)N[C@H](C(=O)N[C@H](C(=O)O)C(C)C)[C@@H](C)O)[C@@H](C)CC. The number of carbonyl (C=O) groups is 10. The van der Waals surface area contributed by atoms with Crippen LogP contribution in [-0.2, 0) is 47.9 Å². The summed E-state index contributed by atoms with van der Waals surface area (Å²) in [7, 11) is 0. The third kappa shape index (κ3) is 21.3. The number of carboxylic acids is 1. The molecule has 10 atom stereocenters. The monoisotopic (exact) mass is 941 g/mol. The van der Waals surface area contributed by atoms with Gasteiger partial charge in [0.15, 0.2) is 0 Å². The fourth-order valence-electron chi connectivity index (χ4n) is 6.76. The molecule has 0 aliphatic rings. The van der Waals surface area contributed by atoms with E-state index in [0.717, 1.165) is 0 Å². The Balaban J connectivity index is 5.87. The molecule has 9 amide bonds. The Morgan fingerprint density at radius 3 is 1.48 bits per heavy atom. The Labute approximate surface area is 389 Å². The van der Waals surface area contributed by atoms with Gasteiger partial charge in [-0.2, -0.15) is 0 Å². The van der Waals surface area contributed by atoms with Crippen LogP contribution in [0.5, 0.6) is 0 Å². The fourth-order valence-corrected chi connectivity index (χ4v) is 6.76. The van der Waals surface area contributed by atoms with E-state index in [0.29, 0.717) is 19.3 Å². The molecule has 0 fully saturated rings. The first-order chi connectivity index (χ1) is 30.5. The molecule has 13 N–H and O–H groups in total. The number of hydrogen-bond donors (Lipinski definition) is 12. The van der Waals surface area contributed by atoms with E-state index in [4.69, 9.17) is 5.73 Å². The van der Waals surface area contributed by atoms with Gasteiger partial charge in [-0.1, -0.05) is 82.1 Å². The van der Waals surface area contributed by atoms with E-state index in [9.17, 15) is 58.2 Å². The van der Waals surface area contributed by atoms with Crippen LogP contribution < -0.4 is 53.6 Å². The largest absolute Gasteiger partial charge is 0.480 e. The maximum absolute atomic E-state index is 14.0. The summed E-state index contributed by atoms with van der Waals surface area (Å²) >= 11 is 0. The first-order valence-electron chi connectivity index (χ1n) is 22.8. The highest BCUT2D eigenvalue weighted by Crippen LogP contribution is 2.20. The minimum absolute atomic E-state index is 0.0220. The minimum Gasteiger partial charge on any atom is -0.480 e. The molecule has 378 valence electrons. The summed E-state index contributed by atoms with van der Waals surface area (Å²) in [6.07, 6.45) is -0.244. The molecule has 0 radical (unpaired) electrons. The standard InChI is InChI=1S/C44H80N10O12/c1-14-25(9)34(50-31(57)20-46-37(59)27(11)48-38(60)29(18-22(3)4)49-30(56)16-17-45)39(61)47-21-32(58)51-35(26(10)15-2)41(63)54-44(13,19-23(5)6)43(66)53-36(28(12)55)40(62)52-33(24(7)8)42(64)65/h22-29,33-36,55H,14-21,45H2,1-13H3,(H,46,59)(H,47,61)(H,48,60)(H,49,56)(H,50,57)(H,51,58)(H,52,62)(H,53,66)(H,54,63)(H,64,65)/t25-,26-,27-,28+,29-,33-,34-,35-,36-,44-/m0/s1. The molecule has 0 aromatic carbocycles. The lowest BCUT2D eigenvalue weighted by molar-refractivity contribution is -0.144. The first kappa shape index (κ1) is 60.6. The van der Waals surface area contributed by atoms with E-state index in [1.807, 2.05) is 13.8 Å². The molecule has 0 aliphatic carbocycles. The highest BCUT2D eigenvalue weighted by molar-refractivity contribution is 5.98. The van der Waals surface area contributed by atoms with Gasteiger partial charge in [-0.05, 0) is 63.2 Å². The number of aliphatic hydroxyl groups excluding tert-OH is 1. The maximum Gasteiger partial charge on any atom is 0.326 e. The number of carbonyl (C=O) groups excluding carboxylic acids is 9. The average Bonchev–Trinajstić information content (AvgIpc) is 3.21. The lowest BCUT2D eigenvalue weighted by atomic mass is 9.88. The zero-order chi connectivity index (χ0) is 51.2. The third-order valence-corrected chi connectivity index (χ3v) is 11.0. The van der Waals surface area contributed by atoms with Gasteiger partial charge >= 0.3 is 5.97 Å². The number of aliphatic carboxylic acids is 1. The maximum atomic E-state index is 14.0. The normalized spacial score (nSPS) is 16.3. The summed E-state index contributed by atoms with van der Waals surface area (Å²) in [5.41, 5.74) is 3.74. The summed E-state index contributed by atoms with van der Waals surface area (Å²) in [4.78, 5) is 130. The highest BCUT2D eigenvalue weighted by Gasteiger charge is 2.42. The molecule has 66 heavy (non-hydrogen) atoms. The number of nitrogens with one attached hydrogen (secondary N) is 9. The summed E-state index contributed by atoms with van der Waals surface area (Å²) in [5, 5.41) is 42.8. The van der Waals surface area contributed by atoms with Crippen LogP contribution in [0.15, 0.2) is 0 Å². The van der Waals surface area contributed by atoms with Crippen molar-refractivity contribution in [2.45, 2.75) is 170 Å². The van der Waals surface area contributed by atoms with Crippen LogP contribution in [0, 0.1) is 29.6 Å². The summed E-state index contributed by atoms with van der Waals surface area (Å²) in [6.45, 7) is 20.4. The molecule has 0 aliphatic heterocycles. The molecule has 0 bridgehead atoms. The summed E-state index contributed by atoms with van der Waals surface area (Å²) in [6, 6.07) is -7.25. The van der Waals surface area contributed by atoms with Crippen LogP contribution in [-0.4, -0.2) is 137 Å². The van der Waals surface area contributed by atoms with Crippen molar-refractivity contribution in [3.8, 4) is 0 Å². The Hall–Kier alpha value is -5.38. The van der Waals surface area contributed by atoms with Gasteiger partial charge in [-0.3, -0.25) is 43.2 Å². The molecule has 0 aromatic rings.